The molecule has 2 heterocycles. The van der Waals surface area contributed by atoms with Crippen LogP contribution in [0, 0.1) is 12.3 Å². The lowest BCUT2D eigenvalue weighted by Crippen LogP contribution is -2.31. The minimum atomic E-state index is -0.174. The minimum absolute atomic E-state index is 0.0890. The van der Waals surface area contributed by atoms with Crippen LogP contribution >= 0.6 is 11.3 Å². The number of nitrogens with zero attached hydrogens (tertiary/aromatic N) is 1. The zero-order valence-electron chi connectivity index (χ0n) is 11.2. The van der Waals surface area contributed by atoms with Crippen LogP contribution in [0.4, 0.5) is 0 Å². The Bertz CT molecular complexity index is 628. The summed E-state index contributed by atoms with van der Waals surface area (Å²) in [5, 5.41) is 14.9. The van der Waals surface area contributed by atoms with E-state index in [1.54, 1.807) is 17.4 Å². The first-order chi connectivity index (χ1) is 9.62. The Kier molecular flexibility index (Phi) is 3.35. The minimum Gasteiger partial charge on any atom is -0.462 e. The Morgan fingerprint density at radius 3 is 3.00 bits per heavy atom. The number of hydrogen-bond donors (Lipinski definition) is 2. The summed E-state index contributed by atoms with van der Waals surface area (Å²) in [5.41, 5.74) is 1.15. The molecule has 0 aromatic carbocycles. The van der Waals surface area contributed by atoms with Crippen molar-refractivity contribution in [2.45, 2.75) is 19.8 Å². The van der Waals surface area contributed by atoms with Gasteiger partial charge in [-0.25, -0.2) is 4.98 Å². The molecule has 3 rings (SSSR count). The maximum atomic E-state index is 12.0. The van der Waals surface area contributed by atoms with Gasteiger partial charge in [0.1, 0.15) is 12.0 Å². The van der Waals surface area contributed by atoms with Gasteiger partial charge in [-0.2, -0.15) is 0 Å². The fraction of sp³-hybridized carbons (Fsp3) is 0.429. The lowest BCUT2D eigenvalue weighted by Gasteiger charge is -2.11. The highest BCUT2D eigenvalue weighted by atomic mass is 32.1. The van der Waals surface area contributed by atoms with E-state index in [4.69, 9.17) is 4.42 Å². The van der Waals surface area contributed by atoms with Gasteiger partial charge < -0.3 is 14.8 Å². The van der Waals surface area contributed by atoms with E-state index < -0.39 is 0 Å². The van der Waals surface area contributed by atoms with Crippen LogP contribution in [-0.2, 0) is 0 Å². The van der Waals surface area contributed by atoms with Crippen LogP contribution in [0.25, 0.3) is 11.5 Å². The first kappa shape index (κ1) is 13.3. The van der Waals surface area contributed by atoms with E-state index in [0.717, 1.165) is 23.5 Å². The molecule has 20 heavy (non-hydrogen) atoms. The van der Waals surface area contributed by atoms with Crippen molar-refractivity contribution in [1.29, 1.82) is 0 Å². The van der Waals surface area contributed by atoms with Gasteiger partial charge in [-0.05, 0) is 25.8 Å². The summed E-state index contributed by atoms with van der Waals surface area (Å²) < 4.78 is 5.39. The SMILES string of the molecule is Cc1nc(-c2cc(C(=O)NCC3(CO)CC3)co2)cs1. The third kappa shape index (κ3) is 2.62. The highest BCUT2D eigenvalue weighted by Gasteiger charge is 2.42. The van der Waals surface area contributed by atoms with Crippen molar-refractivity contribution in [3.05, 3.63) is 28.3 Å². The first-order valence-corrected chi connectivity index (χ1v) is 7.40. The number of aryl methyl sites for hydroxylation is 1. The van der Waals surface area contributed by atoms with Crippen molar-refractivity contribution in [2.24, 2.45) is 5.41 Å². The van der Waals surface area contributed by atoms with E-state index >= 15 is 0 Å². The number of thiazole rings is 1. The number of rotatable bonds is 5. The first-order valence-electron chi connectivity index (χ1n) is 6.52. The predicted molar refractivity (Wildman–Crippen MR) is 75.6 cm³/mol. The molecule has 6 heteroatoms. The van der Waals surface area contributed by atoms with Crippen LogP contribution in [0.3, 0.4) is 0 Å². The van der Waals surface area contributed by atoms with Crippen molar-refractivity contribution >= 4 is 17.2 Å². The standard InChI is InChI=1S/C14H16N2O3S/c1-9-16-11(6-20-9)12-4-10(5-19-12)13(18)15-7-14(8-17)2-3-14/h4-6,17H,2-3,7-8H2,1H3,(H,15,18). The number of amides is 1. The van der Waals surface area contributed by atoms with Gasteiger partial charge in [-0.3, -0.25) is 4.79 Å². The molecule has 1 aliphatic rings. The van der Waals surface area contributed by atoms with Crippen LogP contribution in [0.5, 0.6) is 0 Å². The third-order valence-electron chi connectivity index (χ3n) is 3.65. The molecule has 1 amide bonds. The summed E-state index contributed by atoms with van der Waals surface area (Å²) in [6.45, 7) is 2.56. The molecule has 0 unspecified atom stereocenters. The summed E-state index contributed by atoms with van der Waals surface area (Å²) in [7, 11) is 0. The summed E-state index contributed by atoms with van der Waals surface area (Å²) >= 11 is 1.54. The van der Waals surface area contributed by atoms with Crippen LogP contribution in [0.2, 0.25) is 0 Å². The Morgan fingerprint density at radius 2 is 2.40 bits per heavy atom. The highest BCUT2D eigenvalue weighted by molar-refractivity contribution is 7.09. The van der Waals surface area contributed by atoms with E-state index in [-0.39, 0.29) is 17.9 Å². The van der Waals surface area contributed by atoms with Crippen LogP contribution in [-0.4, -0.2) is 29.1 Å². The number of hydrogen-bond acceptors (Lipinski definition) is 5. The summed E-state index contributed by atoms with van der Waals surface area (Å²) in [6, 6.07) is 1.70. The average Bonchev–Trinajstić information content (AvgIpc) is 2.86. The third-order valence-corrected chi connectivity index (χ3v) is 4.42. The molecular weight excluding hydrogens is 276 g/mol. The Labute approximate surface area is 120 Å². The average molecular weight is 292 g/mol. The monoisotopic (exact) mass is 292 g/mol. The molecule has 0 radical (unpaired) electrons. The van der Waals surface area contributed by atoms with Crippen LogP contribution in [0.1, 0.15) is 28.2 Å². The van der Waals surface area contributed by atoms with E-state index in [1.165, 1.54) is 6.26 Å². The Morgan fingerprint density at radius 1 is 1.60 bits per heavy atom. The topological polar surface area (TPSA) is 75.4 Å². The molecular formula is C14H16N2O3S. The highest BCUT2D eigenvalue weighted by Crippen LogP contribution is 2.44. The van der Waals surface area contributed by atoms with E-state index in [0.29, 0.717) is 17.9 Å². The molecule has 2 aromatic heterocycles. The van der Waals surface area contributed by atoms with Gasteiger partial charge in [-0.1, -0.05) is 0 Å². The number of aliphatic hydroxyl groups excluding tert-OH is 1. The normalized spacial score (nSPS) is 16.1. The van der Waals surface area contributed by atoms with E-state index in [1.807, 2.05) is 12.3 Å². The van der Waals surface area contributed by atoms with Crippen molar-refractivity contribution in [3.8, 4) is 11.5 Å². The smallest absolute Gasteiger partial charge is 0.254 e. The summed E-state index contributed by atoms with van der Waals surface area (Å²) in [4.78, 5) is 16.3. The van der Waals surface area contributed by atoms with Crippen molar-refractivity contribution in [2.75, 3.05) is 13.2 Å². The van der Waals surface area contributed by atoms with E-state index in [2.05, 4.69) is 10.3 Å². The molecule has 0 aliphatic heterocycles. The lowest BCUT2D eigenvalue weighted by atomic mass is 10.1. The number of carbonyl (C=O) groups is 1. The molecule has 0 spiro atoms. The van der Waals surface area contributed by atoms with Crippen LogP contribution < -0.4 is 5.32 Å². The fourth-order valence-electron chi connectivity index (χ4n) is 2.00. The summed E-state index contributed by atoms with van der Waals surface area (Å²) in [6.07, 6.45) is 3.38. The van der Waals surface area contributed by atoms with Crippen molar-refractivity contribution in [3.63, 3.8) is 0 Å². The Balaban J connectivity index is 1.65. The maximum Gasteiger partial charge on any atom is 0.254 e. The quantitative estimate of drug-likeness (QED) is 0.886. The second-order valence-corrected chi connectivity index (χ2v) is 6.35. The fourth-order valence-corrected chi connectivity index (χ4v) is 2.61. The molecule has 1 aliphatic carbocycles. The van der Waals surface area contributed by atoms with Gasteiger partial charge in [0, 0.05) is 17.3 Å². The molecule has 0 atom stereocenters. The molecule has 0 bridgehead atoms. The molecule has 5 nitrogen and oxygen atoms in total. The molecule has 2 N–H and O–H groups in total. The van der Waals surface area contributed by atoms with Gasteiger partial charge in [-0.15, -0.1) is 11.3 Å². The van der Waals surface area contributed by atoms with Gasteiger partial charge >= 0.3 is 0 Å². The lowest BCUT2D eigenvalue weighted by molar-refractivity contribution is 0.0934. The number of aromatic nitrogens is 1. The summed E-state index contributed by atoms with van der Waals surface area (Å²) in [5.74, 6) is 0.425. The van der Waals surface area contributed by atoms with Gasteiger partial charge in [0.25, 0.3) is 5.91 Å². The van der Waals surface area contributed by atoms with Crippen LogP contribution in [0.15, 0.2) is 22.1 Å². The van der Waals surface area contributed by atoms with E-state index in [9.17, 15) is 9.90 Å². The Hall–Kier alpha value is -1.66. The molecule has 1 fully saturated rings. The zero-order valence-corrected chi connectivity index (χ0v) is 12.0. The molecule has 0 saturated heterocycles. The van der Waals surface area contributed by atoms with Gasteiger partial charge in [0.05, 0.1) is 17.2 Å². The molecule has 2 aromatic rings. The second-order valence-electron chi connectivity index (χ2n) is 5.29. The largest absolute Gasteiger partial charge is 0.462 e. The number of furan rings is 1. The van der Waals surface area contributed by atoms with Gasteiger partial charge in [0.2, 0.25) is 0 Å². The molecule has 1 saturated carbocycles. The predicted octanol–water partition coefficient (Wildman–Crippen LogP) is 2.21. The zero-order chi connectivity index (χ0) is 14.2. The van der Waals surface area contributed by atoms with Crippen molar-refractivity contribution in [1.82, 2.24) is 10.3 Å². The molecule has 106 valence electrons. The number of aliphatic hydroxyl groups is 1. The van der Waals surface area contributed by atoms with Gasteiger partial charge in [0.15, 0.2) is 5.76 Å². The van der Waals surface area contributed by atoms with Crippen molar-refractivity contribution < 1.29 is 14.3 Å². The maximum absolute atomic E-state index is 12.0. The number of carbonyl (C=O) groups excluding carboxylic acids is 1. The number of nitrogens with one attached hydrogen (secondary N) is 1. The second kappa shape index (κ2) is 5.03.